The molecule has 0 bridgehead atoms. The van der Waals surface area contributed by atoms with Crippen LogP contribution in [0.1, 0.15) is 23.6 Å². The third-order valence-corrected chi connectivity index (χ3v) is 4.65. The van der Waals surface area contributed by atoms with Crippen LogP contribution in [0.2, 0.25) is 0 Å². The number of carbonyl (C=O) groups is 3. The van der Waals surface area contributed by atoms with Crippen molar-refractivity contribution in [2.24, 2.45) is 0 Å². The van der Waals surface area contributed by atoms with Gasteiger partial charge >= 0.3 is 6.03 Å². The van der Waals surface area contributed by atoms with Crippen molar-refractivity contribution in [3.63, 3.8) is 0 Å². The fourth-order valence-electron chi connectivity index (χ4n) is 2.79. The Morgan fingerprint density at radius 1 is 1.08 bits per heavy atom. The molecule has 3 rings (SSSR count). The van der Waals surface area contributed by atoms with Crippen LogP contribution in [-0.2, 0) is 9.59 Å². The van der Waals surface area contributed by atoms with Crippen LogP contribution in [0.5, 0.6) is 0 Å². The lowest BCUT2D eigenvalue weighted by Gasteiger charge is -2.27. The van der Waals surface area contributed by atoms with Gasteiger partial charge in [-0.2, -0.15) is 0 Å². The van der Waals surface area contributed by atoms with Gasteiger partial charge in [0.05, 0.1) is 6.04 Å². The van der Waals surface area contributed by atoms with E-state index in [1.54, 1.807) is 0 Å². The largest absolute Gasteiger partial charge is 0.344 e. The fraction of sp³-hybridized carbons (Fsp3) is 0.211. The molecule has 0 aliphatic carbocycles. The zero-order chi connectivity index (χ0) is 18.5. The number of urea groups is 1. The highest BCUT2D eigenvalue weighted by molar-refractivity contribution is 9.10. The van der Waals surface area contributed by atoms with Crippen LogP contribution in [0, 0.1) is 0 Å². The highest BCUT2D eigenvalue weighted by Crippen LogP contribution is 2.23. The monoisotopic (exact) mass is 415 g/mol. The Morgan fingerprint density at radius 2 is 1.73 bits per heavy atom. The number of hydrogen-bond acceptors (Lipinski definition) is 3. The summed E-state index contributed by atoms with van der Waals surface area (Å²) in [5, 5.41) is 5.21. The van der Waals surface area contributed by atoms with Crippen molar-refractivity contribution in [3.05, 3.63) is 70.2 Å². The van der Waals surface area contributed by atoms with Crippen molar-refractivity contribution < 1.29 is 14.4 Å². The van der Waals surface area contributed by atoms with Crippen LogP contribution in [-0.4, -0.2) is 35.8 Å². The minimum absolute atomic E-state index is 0.0982. The van der Waals surface area contributed by atoms with Crippen molar-refractivity contribution >= 4 is 33.8 Å². The molecule has 0 saturated carbocycles. The van der Waals surface area contributed by atoms with E-state index in [1.165, 1.54) is 4.90 Å². The summed E-state index contributed by atoms with van der Waals surface area (Å²) < 4.78 is 0.953. The number of nitrogens with zero attached hydrogens (tertiary/aromatic N) is 1. The molecular formula is C19H18BrN3O3. The summed E-state index contributed by atoms with van der Waals surface area (Å²) in [5.41, 5.74) is 1.88. The van der Waals surface area contributed by atoms with Gasteiger partial charge in [-0.25, -0.2) is 4.79 Å². The normalized spacial score (nSPS) is 15.3. The molecule has 1 heterocycles. The highest BCUT2D eigenvalue weighted by atomic mass is 79.9. The van der Waals surface area contributed by atoms with Gasteiger partial charge in [0.15, 0.2) is 0 Å². The van der Waals surface area contributed by atoms with Gasteiger partial charge in [-0.1, -0.05) is 58.4 Å². The smallest absolute Gasteiger partial charge is 0.324 e. The molecule has 0 unspecified atom stereocenters. The van der Waals surface area contributed by atoms with E-state index in [4.69, 9.17) is 0 Å². The summed E-state index contributed by atoms with van der Waals surface area (Å²) in [6.07, 6.45) is 0.202. The van der Waals surface area contributed by atoms with Gasteiger partial charge in [0.2, 0.25) is 11.8 Å². The van der Waals surface area contributed by atoms with Crippen LogP contribution < -0.4 is 10.6 Å². The fourth-order valence-corrected chi connectivity index (χ4v) is 3.05. The number of carbonyl (C=O) groups excluding carboxylic acids is 3. The number of amides is 4. The Labute approximate surface area is 159 Å². The zero-order valence-electron chi connectivity index (χ0n) is 13.9. The van der Waals surface area contributed by atoms with Crippen LogP contribution in [0.4, 0.5) is 4.79 Å². The Bertz CT molecular complexity index is 809. The van der Waals surface area contributed by atoms with E-state index in [1.807, 2.05) is 54.6 Å². The minimum atomic E-state index is -0.531. The standard InChI is InChI=1S/C19H18BrN3O3/c20-15-8-6-14(7-9-15)18(13-4-2-1-3-5-13)21-17(25)12-23-11-10-16(24)22-19(23)26/h1-9,18H,10-12H2,(H,21,25)(H,22,24,26)/t18-/m0/s1. The maximum absolute atomic E-state index is 12.5. The van der Waals surface area contributed by atoms with E-state index in [0.717, 1.165) is 15.6 Å². The predicted octanol–water partition coefficient (Wildman–Crippen LogP) is 2.60. The van der Waals surface area contributed by atoms with Crippen molar-refractivity contribution in [2.75, 3.05) is 13.1 Å². The highest BCUT2D eigenvalue weighted by Gasteiger charge is 2.26. The summed E-state index contributed by atoms with van der Waals surface area (Å²) in [7, 11) is 0. The molecule has 2 aromatic carbocycles. The van der Waals surface area contributed by atoms with Gasteiger partial charge in [0.1, 0.15) is 6.54 Å². The van der Waals surface area contributed by atoms with Gasteiger partial charge in [-0.05, 0) is 23.3 Å². The maximum Gasteiger partial charge on any atom is 0.324 e. The van der Waals surface area contributed by atoms with E-state index in [-0.39, 0.29) is 37.4 Å². The lowest BCUT2D eigenvalue weighted by molar-refractivity contribution is -0.125. The lowest BCUT2D eigenvalue weighted by Crippen LogP contribution is -2.52. The third-order valence-electron chi connectivity index (χ3n) is 4.12. The van der Waals surface area contributed by atoms with Crippen LogP contribution in [0.3, 0.4) is 0 Å². The van der Waals surface area contributed by atoms with Crippen molar-refractivity contribution in [1.29, 1.82) is 0 Å². The molecule has 0 spiro atoms. The van der Waals surface area contributed by atoms with Crippen LogP contribution >= 0.6 is 15.9 Å². The Morgan fingerprint density at radius 3 is 2.38 bits per heavy atom. The number of benzene rings is 2. The Hall–Kier alpha value is -2.67. The molecule has 1 aliphatic rings. The van der Waals surface area contributed by atoms with Crippen molar-refractivity contribution in [2.45, 2.75) is 12.5 Å². The second-order valence-electron chi connectivity index (χ2n) is 5.99. The number of rotatable bonds is 5. The summed E-state index contributed by atoms with van der Waals surface area (Å²) in [4.78, 5) is 36.9. The molecule has 0 radical (unpaired) electrons. The third kappa shape index (κ3) is 4.49. The zero-order valence-corrected chi connectivity index (χ0v) is 15.5. The maximum atomic E-state index is 12.5. The second-order valence-corrected chi connectivity index (χ2v) is 6.90. The Balaban J connectivity index is 1.75. The van der Waals surface area contributed by atoms with Crippen LogP contribution in [0.15, 0.2) is 59.1 Å². The van der Waals surface area contributed by atoms with Crippen molar-refractivity contribution in [1.82, 2.24) is 15.5 Å². The second kappa shape index (κ2) is 8.14. The van der Waals surface area contributed by atoms with E-state index in [9.17, 15) is 14.4 Å². The predicted molar refractivity (Wildman–Crippen MR) is 100 cm³/mol. The first-order valence-electron chi connectivity index (χ1n) is 8.21. The van der Waals surface area contributed by atoms with E-state index in [2.05, 4.69) is 26.6 Å². The van der Waals surface area contributed by atoms with Crippen molar-refractivity contribution in [3.8, 4) is 0 Å². The molecule has 1 aliphatic heterocycles. The summed E-state index contributed by atoms with van der Waals surface area (Å²) in [5.74, 6) is -0.602. The van der Waals surface area contributed by atoms with Gasteiger partial charge < -0.3 is 10.2 Å². The summed E-state index contributed by atoms with van der Waals surface area (Å²) in [6, 6.07) is 16.5. The Kier molecular flexibility index (Phi) is 5.68. The van der Waals surface area contributed by atoms with E-state index in [0.29, 0.717) is 0 Å². The lowest BCUT2D eigenvalue weighted by atomic mass is 9.98. The van der Waals surface area contributed by atoms with Gasteiger partial charge in [-0.3, -0.25) is 14.9 Å². The molecule has 6 nitrogen and oxygen atoms in total. The summed E-state index contributed by atoms with van der Waals surface area (Å²) in [6.45, 7) is 0.144. The molecule has 0 aromatic heterocycles. The number of halogens is 1. The number of hydrogen-bond donors (Lipinski definition) is 2. The average molecular weight is 416 g/mol. The quantitative estimate of drug-likeness (QED) is 0.787. The van der Waals surface area contributed by atoms with Gasteiger partial charge in [0.25, 0.3) is 0 Å². The first-order chi connectivity index (χ1) is 12.5. The molecule has 2 aromatic rings. The van der Waals surface area contributed by atoms with E-state index < -0.39 is 6.03 Å². The molecule has 4 amide bonds. The molecule has 1 saturated heterocycles. The SMILES string of the molecule is O=C1CCN(CC(=O)N[C@@H](c2ccccc2)c2ccc(Br)cc2)C(=O)N1. The number of imide groups is 1. The molecule has 1 fully saturated rings. The minimum Gasteiger partial charge on any atom is -0.344 e. The average Bonchev–Trinajstić information content (AvgIpc) is 2.64. The van der Waals surface area contributed by atoms with Crippen LogP contribution in [0.25, 0.3) is 0 Å². The number of nitrogens with one attached hydrogen (secondary N) is 2. The molecule has 7 heteroatoms. The molecule has 2 N–H and O–H groups in total. The first kappa shape index (κ1) is 18.1. The molecule has 1 atom stereocenters. The topological polar surface area (TPSA) is 78.5 Å². The molecular weight excluding hydrogens is 398 g/mol. The van der Waals surface area contributed by atoms with Gasteiger partial charge in [0, 0.05) is 17.4 Å². The summed E-state index contributed by atoms with van der Waals surface area (Å²) >= 11 is 3.41. The molecule has 134 valence electrons. The van der Waals surface area contributed by atoms with Gasteiger partial charge in [-0.15, -0.1) is 0 Å². The van der Waals surface area contributed by atoms with E-state index >= 15 is 0 Å². The molecule has 26 heavy (non-hydrogen) atoms. The first-order valence-corrected chi connectivity index (χ1v) is 9.01.